The van der Waals surface area contributed by atoms with Crippen LogP contribution in [-0.2, 0) is 10.0 Å². The van der Waals surface area contributed by atoms with E-state index in [0.717, 1.165) is 0 Å². The van der Waals surface area contributed by atoms with Crippen LogP contribution in [-0.4, -0.2) is 32.4 Å². The van der Waals surface area contributed by atoms with Gasteiger partial charge in [0.2, 0.25) is 10.0 Å². The molecule has 0 heterocycles. The smallest absolute Gasteiger partial charge is 0.324 e. The molecule has 4 nitrogen and oxygen atoms in total. The van der Waals surface area contributed by atoms with Gasteiger partial charge in [-0.2, -0.15) is 13.2 Å². The number of hydrogen-bond acceptors (Lipinski definition) is 3. The lowest BCUT2D eigenvalue weighted by Crippen LogP contribution is -2.45. The minimum atomic E-state index is -4.32. The Labute approximate surface area is 93.4 Å². The quantitative estimate of drug-likeness (QED) is 0.749. The standard InChI is InChI=1S/C8H17F3N2O2S/c1-7(2,12)6-13-16(14,15)5-3-4-8(9,10)11/h13H,3-6,12H2,1-2H3. The van der Waals surface area contributed by atoms with Gasteiger partial charge in [-0.05, 0) is 20.3 Å². The zero-order chi connectivity index (χ0) is 13.0. The largest absolute Gasteiger partial charge is 0.389 e. The van der Waals surface area contributed by atoms with Crippen molar-refractivity contribution in [1.29, 1.82) is 0 Å². The number of sulfonamides is 1. The fraction of sp³-hybridized carbons (Fsp3) is 1.00. The van der Waals surface area contributed by atoms with Crippen LogP contribution in [0.15, 0.2) is 0 Å². The summed E-state index contributed by atoms with van der Waals surface area (Å²) in [4.78, 5) is 0. The van der Waals surface area contributed by atoms with Gasteiger partial charge < -0.3 is 5.73 Å². The average molecular weight is 262 g/mol. The van der Waals surface area contributed by atoms with Gasteiger partial charge in [0.05, 0.1) is 5.75 Å². The summed E-state index contributed by atoms with van der Waals surface area (Å²) in [6.07, 6.45) is -5.85. The molecule has 0 saturated heterocycles. The summed E-state index contributed by atoms with van der Waals surface area (Å²) in [5.74, 6) is -0.539. The molecule has 0 saturated carbocycles. The van der Waals surface area contributed by atoms with Crippen LogP contribution in [0.3, 0.4) is 0 Å². The predicted molar refractivity (Wildman–Crippen MR) is 55.3 cm³/mol. The van der Waals surface area contributed by atoms with Crippen molar-refractivity contribution in [3.05, 3.63) is 0 Å². The lowest BCUT2D eigenvalue weighted by molar-refractivity contribution is -0.134. The SMILES string of the molecule is CC(C)(N)CNS(=O)(=O)CCCC(F)(F)F. The highest BCUT2D eigenvalue weighted by Gasteiger charge is 2.27. The van der Waals surface area contributed by atoms with Crippen molar-refractivity contribution in [3.63, 3.8) is 0 Å². The molecule has 0 fully saturated rings. The Morgan fingerprint density at radius 3 is 2.12 bits per heavy atom. The Morgan fingerprint density at radius 2 is 1.75 bits per heavy atom. The van der Waals surface area contributed by atoms with Crippen LogP contribution in [0.25, 0.3) is 0 Å². The van der Waals surface area contributed by atoms with Gasteiger partial charge in [0, 0.05) is 18.5 Å². The Bertz CT molecular complexity index is 306. The topological polar surface area (TPSA) is 72.2 Å². The second kappa shape index (κ2) is 5.33. The molecule has 0 aromatic carbocycles. The first-order valence-corrected chi connectivity index (χ1v) is 6.39. The first-order chi connectivity index (χ1) is 6.91. The summed E-state index contributed by atoms with van der Waals surface area (Å²) in [6.45, 7) is 3.23. The maximum absolute atomic E-state index is 11.8. The third-order valence-corrected chi connectivity index (χ3v) is 3.03. The molecule has 0 atom stereocenters. The molecule has 98 valence electrons. The van der Waals surface area contributed by atoms with Crippen molar-refractivity contribution in [3.8, 4) is 0 Å². The number of halogens is 3. The van der Waals surface area contributed by atoms with Crippen LogP contribution < -0.4 is 10.5 Å². The molecule has 0 aromatic heterocycles. The van der Waals surface area contributed by atoms with E-state index in [4.69, 9.17) is 5.73 Å². The molecule has 8 heteroatoms. The van der Waals surface area contributed by atoms with Crippen molar-refractivity contribution >= 4 is 10.0 Å². The Morgan fingerprint density at radius 1 is 1.25 bits per heavy atom. The average Bonchev–Trinajstić information content (AvgIpc) is 1.97. The zero-order valence-electron chi connectivity index (χ0n) is 9.26. The van der Waals surface area contributed by atoms with Crippen molar-refractivity contribution in [2.24, 2.45) is 5.73 Å². The van der Waals surface area contributed by atoms with Crippen LogP contribution in [0.4, 0.5) is 13.2 Å². The summed E-state index contributed by atoms with van der Waals surface area (Å²) >= 11 is 0. The van der Waals surface area contributed by atoms with Gasteiger partial charge >= 0.3 is 6.18 Å². The molecular weight excluding hydrogens is 245 g/mol. The van der Waals surface area contributed by atoms with E-state index in [0.29, 0.717) is 0 Å². The maximum Gasteiger partial charge on any atom is 0.389 e. The highest BCUT2D eigenvalue weighted by atomic mass is 32.2. The van der Waals surface area contributed by atoms with Gasteiger partial charge in [-0.3, -0.25) is 0 Å². The van der Waals surface area contributed by atoms with Gasteiger partial charge in [-0.1, -0.05) is 0 Å². The molecule has 0 aromatic rings. The molecule has 0 unspecified atom stereocenters. The van der Waals surface area contributed by atoms with Crippen LogP contribution >= 0.6 is 0 Å². The maximum atomic E-state index is 11.8. The number of rotatable bonds is 6. The lowest BCUT2D eigenvalue weighted by atomic mass is 10.1. The Hall–Kier alpha value is -0.340. The molecule has 16 heavy (non-hydrogen) atoms. The minimum Gasteiger partial charge on any atom is -0.324 e. The molecule has 0 radical (unpaired) electrons. The van der Waals surface area contributed by atoms with Gasteiger partial charge in [-0.25, -0.2) is 13.1 Å². The molecule has 0 aliphatic carbocycles. The fourth-order valence-electron chi connectivity index (χ4n) is 0.831. The molecule has 0 rings (SSSR count). The van der Waals surface area contributed by atoms with Gasteiger partial charge in [0.15, 0.2) is 0 Å². The van der Waals surface area contributed by atoms with Crippen LogP contribution in [0.2, 0.25) is 0 Å². The number of nitrogens with one attached hydrogen (secondary N) is 1. The van der Waals surface area contributed by atoms with Gasteiger partial charge in [0.1, 0.15) is 0 Å². The highest BCUT2D eigenvalue weighted by molar-refractivity contribution is 7.89. The second-order valence-electron chi connectivity index (χ2n) is 4.35. The molecular formula is C8H17F3N2O2S. The summed E-state index contributed by atoms with van der Waals surface area (Å²) in [7, 11) is -3.67. The lowest BCUT2D eigenvalue weighted by Gasteiger charge is -2.18. The van der Waals surface area contributed by atoms with Crippen LogP contribution in [0, 0.1) is 0 Å². The highest BCUT2D eigenvalue weighted by Crippen LogP contribution is 2.21. The molecule has 0 aliphatic heterocycles. The van der Waals surface area contributed by atoms with Crippen molar-refractivity contribution in [2.75, 3.05) is 12.3 Å². The zero-order valence-corrected chi connectivity index (χ0v) is 10.1. The molecule has 3 N–H and O–H groups in total. The third kappa shape index (κ3) is 10.2. The number of nitrogens with two attached hydrogens (primary N) is 1. The molecule has 0 spiro atoms. The monoisotopic (exact) mass is 262 g/mol. The summed E-state index contributed by atoms with van der Waals surface area (Å²) in [5, 5.41) is 0. The molecule has 0 bridgehead atoms. The predicted octanol–water partition coefficient (Wildman–Crippen LogP) is 0.986. The summed E-state index contributed by atoms with van der Waals surface area (Å²) < 4.78 is 59.9. The van der Waals surface area contributed by atoms with E-state index in [-0.39, 0.29) is 6.54 Å². The van der Waals surface area contributed by atoms with Crippen LogP contribution in [0.1, 0.15) is 26.7 Å². The van der Waals surface area contributed by atoms with E-state index in [1.54, 1.807) is 13.8 Å². The Balaban J connectivity index is 3.99. The van der Waals surface area contributed by atoms with Gasteiger partial charge in [-0.15, -0.1) is 0 Å². The van der Waals surface area contributed by atoms with Crippen molar-refractivity contribution in [2.45, 2.75) is 38.4 Å². The third-order valence-electron chi connectivity index (χ3n) is 1.62. The minimum absolute atomic E-state index is 0.00134. The first-order valence-electron chi connectivity index (χ1n) is 4.74. The van der Waals surface area contributed by atoms with Gasteiger partial charge in [0.25, 0.3) is 0 Å². The van der Waals surface area contributed by atoms with E-state index < -0.39 is 40.3 Å². The van der Waals surface area contributed by atoms with Crippen molar-refractivity contribution < 1.29 is 21.6 Å². The first kappa shape index (κ1) is 15.7. The van der Waals surface area contributed by atoms with Crippen LogP contribution in [0.5, 0.6) is 0 Å². The van der Waals surface area contributed by atoms with E-state index in [2.05, 4.69) is 4.72 Å². The Kier molecular flexibility index (Phi) is 5.21. The number of alkyl halides is 3. The summed E-state index contributed by atoms with van der Waals surface area (Å²) in [5.41, 5.74) is 4.81. The normalized spacial score (nSPS) is 14.1. The van der Waals surface area contributed by atoms with E-state index in [9.17, 15) is 21.6 Å². The summed E-state index contributed by atoms with van der Waals surface area (Å²) in [6, 6.07) is 0. The second-order valence-corrected chi connectivity index (χ2v) is 6.27. The van der Waals surface area contributed by atoms with E-state index in [1.165, 1.54) is 0 Å². The van der Waals surface area contributed by atoms with E-state index in [1.807, 2.05) is 0 Å². The van der Waals surface area contributed by atoms with Crippen molar-refractivity contribution in [1.82, 2.24) is 4.72 Å². The van der Waals surface area contributed by atoms with E-state index >= 15 is 0 Å². The molecule has 0 aliphatic rings. The number of hydrogen-bond donors (Lipinski definition) is 2. The molecule has 0 amide bonds. The fourth-order valence-corrected chi connectivity index (χ4v) is 2.09.